The molecule has 0 spiro atoms. The molecule has 0 saturated carbocycles. The summed E-state index contributed by atoms with van der Waals surface area (Å²) in [5.41, 5.74) is 2.37. The van der Waals surface area contributed by atoms with Gasteiger partial charge in [0.1, 0.15) is 0 Å². The Hall–Kier alpha value is -1.90. The normalized spacial score (nSPS) is 9.85. The highest BCUT2D eigenvalue weighted by Gasteiger charge is 2.00. The highest BCUT2D eigenvalue weighted by Crippen LogP contribution is 2.15. The van der Waals surface area contributed by atoms with E-state index in [1.54, 1.807) is 18.5 Å². The summed E-state index contributed by atoms with van der Waals surface area (Å²) in [6.45, 7) is 0. The number of rotatable bonds is 2. The van der Waals surface area contributed by atoms with E-state index in [2.05, 4.69) is 9.97 Å². The molecule has 2 aromatic heterocycles. The average Bonchev–Trinajstić information content (AvgIpc) is 2.67. The molecule has 0 fully saturated rings. The third-order valence-electron chi connectivity index (χ3n) is 1.79. The van der Waals surface area contributed by atoms with E-state index in [0.29, 0.717) is 5.69 Å². The van der Waals surface area contributed by atoms with Crippen molar-refractivity contribution in [1.29, 1.82) is 0 Å². The molecule has 0 aliphatic carbocycles. The summed E-state index contributed by atoms with van der Waals surface area (Å²) in [6, 6.07) is 7.44. The van der Waals surface area contributed by atoms with Gasteiger partial charge in [-0.05, 0) is 18.2 Å². The smallest absolute Gasteiger partial charge is 0.166 e. The topological polar surface area (TPSA) is 45.8 Å². The minimum Gasteiger partial charge on any atom is -0.358 e. The van der Waals surface area contributed by atoms with Gasteiger partial charge in [-0.1, -0.05) is 6.07 Å². The van der Waals surface area contributed by atoms with Crippen molar-refractivity contribution in [1.82, 2.24) is 9.97 Å². The van der Waals surface area contributed by atoms with Crippen LogP contribution in [0.1, 0.15) is 10.5 Å². The molecule has 0 unspecified atom stereocenters. The largest absolute Gasteiger partial charge is 0.358 e. The van der Waals surface area contributed by atoms with Gasteiger partial charge < -0.3 is 4.98 Å². The van der Waals surface area contributed by atoms with Crippen molar-refractivity contribution in [2.75, 3.05) is 0 Å². The fourth-order valence-corrected chi connectivity index (χ4v) is 1.16. The molecular weight excluding hydrogens is 164 g/mol. The molecule has 13 heavy (non-hydrogen) atoms. The van der Waals surface area contributed by atoms with Crippen LogP contribution in [-0.2, 0) is 0 Å². The van der Waals surface area contributed by atoms with E-state index >= 15 is 0 Å². The number of hydrogen-bond donors (Lipinski definition) is 1. The molecule has 0 aromatic carbocycles. The number of carbonyl (C=O) groups excluding carboxylic acids is 1. The lowest BCUT2D eigenvalue weighted by molar-refractivity contribution is 0.111. The third kappa shape index (κ3) is 1.49. The van der Waals surface area contributed by atoms with Gasteiger partial charge in [-0.25, -0.2) is 0 Å². The zero-order valence-electron chi connectivity index (χ0n) is 6.90. The summed E-state index contributed by atoms with van der Waals surface area (Å²) in [7, 11) is 0. The molecule has 64 valence electrons. The molecule has 0 aliphatic rings. The van der Waals surface area contributed by atoms with Gasteiger partial charge in [-0.2, -0.15) is 0 Å². The van der Waals surface area contributed by atoms with Crippen LogP contribution in [0.4, 0.5) is 0 Å². The molecule has 0 saturated heterocycles. The van der Waals surface area contributed by atoms with Crippen molar-refractivity contribution < 1.29 is 4.79 Å². The number of carbonyl (C=O) groups is 1. The Morgan fingerprint density at radius 3 is 2.92 bits per heavy atom. The first kappa shape index (κ1) is 7.73. The van der Waals surface area contributed by atoms with Gasteiger partial charge in [0.15, 0.2) is 6.29 Å². The molecule has 0 aliphatic heterocycles. The summed E-state index contributed by atoms with van der Waals surface area (Å²) in [5.74, 6) is 0. The van der Waals surface area contributed by atoms with Crippen LogP contribution in [-0.4, -0.2) is 16.3 Å². The van der Waals surface area contributed by atoms with E-state index in [1.807, 2.05) is 18.2 Å². The lowest BCUT2D eigenvalue weighted by Gasteiger charge is -1.92. The monoisotopic (exact) mass is 172 g/mol. The molecule has 3 heteroatoms. The second-order valence-corrected chi connectivity index (χ2v) is 2.68. The molecule has 0 bridgehead atoms. The number of aldehydes is 1. The predicted octanol–water partition coefficient (Wildman–Crippen LogP) is 1.89. The van der Waals surface area contributed by atoms with Gasteiger partial charge in [0.2, 0.25) is 0 Å². The van der Waals surface area contributed by atoms with Crippen LogP contribution in [0.2, 0.25) is 0 Å². The summed E-state index contributed by atoms with van der Waals surface area (Å²) in [4.78, 5) is 17.4. The van der Waals surface area contributed by atoms with Crippen LogP contribution < -0.4 is 0 Å². The quantitative estimate of drug-likeness (QED) is 0.703. The van der Waals surface area contributed by atoms with Crippen molar-refractivity contribution in [2.45, 2.75) is 0 Å². The summed E-state index contributed by atoms with van der Waals surface area (Å²) in [5, 5.41) is 0. The lowest BCUT2D eigenvalue weighted by atomic mass is 10.2. The molecule has 2 aromatic rings. The molecule has 3 nitrogen and oxygen atoms in total. The molecule has 2 rings (SSSR count). The van der Waals surface area contributed by atoms with E-state index in [0.717, 1.165) is 17.5 Å². The maximum atomic E-state index is 10.4. The Morgan fingerprint density at radius 1 is 1.38 bits per heavy atom. The van der Waals surface area contributed by atoms with Crippen LogP contribution in [0.25, 0.3) is 11.3 Å². The minimum atomic E-state index is 0.570. The van der Waals surface area contributed by atoms with Crippen LogP contribution in [0.5, 0.6) is 0 Å². The summed E-state index contributed by atoms with van der Waals surface area (Å²) < 4.78 is 0. The second kappa shape index (κ2) is 3.23. The Kier molecular flexibility index (Phi) is 1.92. The SMILES string of the molecule is O=Cc1cc(-c2ccccn2)c[nH]1. The van der Waals surface area contributed by atoms with Crippen molar-refractivity contribution in [3.05, 3.63) is 42.4 Å². The standard InChI is InChI=1S/C10H8N2O/c13-7-9-5-8(6-12-9)10-3-1-2-4-11-10/h1-7,12H. The fraction of sp³-hybridized carbons (Fsp3) is 0. The molecule has 2 heterocycles. The van der Waals surface area contributed by atoms with E-state index < -0.39 is 0 Å². The maximum absolute atomic E-state index is 10.4. The van der Waals surface area contributed by atoms with Crippen molar-refractivity contribution in [3.8, 4) is 11.3 Å². The minimum absolute atomic E-state index is 0.570. The van der Waals surface area contributed by atoms with Gasteiger partial charge in [0.25, 0.3) is 0 Å². The molecular formula is C10H8N2O. The zero-order valence-corrected chi connectivity index (χ0v) is 6.90. The number of aromatic amines is 1. The first-order valence-corrected chi connectivity index (χ1v) is 3.95. The van der Waals surface area contributed by atoms with Crippen LogP contribution in [0.3, 0.4) is 0 Å². The average molecular weight is 172 g/mol. The van der Waals surface area contributed by atoms with Gasteiger partial charge in [0.05, 0.1) is 11.4 Å². The Bertz CT molecular complexity index is 406. The number of hydrogen-bond acceptors (Lipinski definition) is 2. The van der Waals surface area contributed by atoms with E-state index in [-0.39, 0.29) is 0 Å². The Morgan fingerprint density at radius 2 is 2.31 bits per heavy atom. The predicted molar refractivity (Wildman–Crippen MR) is 49.4 cm³/mol. The number of pyridine rings is 1. The first-order valence-electron chi connectivity index (χ1n) is 3.95. The molecule has 0 radical (unpaired) electrons. The van der Waals surface area contributed by atoms with Gasteiger partial charge in [-0.15, -0.1) is 0 Å². The third-order valence-corrected chi connectivity index (χ3v) is 1.79. The number of H-pyrrole nitrogens is 1. The van der Waals surface area contributed by atoms with Gasteiger partial charge in [-0.3, -0.25) is 9.78 Å². The van der Waals surface area contributed by atoms with Gasteiger partial charge in [0, 0.05) is 18.0 Å². The van der Waals surface area contributed by atoms with Crippen LogP contribution >= 0.6 is 0 Å². The fourth-order valence-electron chi connectivity index (χ4n) is 1.16. The van der Waals surface area contributed by atoms with Gasteiger partial charge >= 0.3 is 0 Å². The van der Waals surface area contributed by atoms with Crippen LogP contribution in [0, 0.1) is 0 Å². The second-order valence-electron chi connectivity index (χ2n) is 2.68. The highest BCUT2D eigenvalue weighted by molar-refractivity contribution is 5.76. The van der Waals surface area contributed by atoms with Crippen LogP contribution in [0.15, 0.2) is 36.7 Å². The summed E-state index contributed by atoms with van der Waals surface area (Å²) in [6.07, 6.45) is 4.28. The number of nitrogens with zero attached hydrogens (tertiary/aromatic N) is 1. The van der Waals surface area contributed by atoms with Crippen molar-refractivity contribution >= 4 is 6.29 Å². The number of nitrogens with one attached hydrogen (secondary N) is 1. The maximum Gasteiger partial charge on any atom is 0.166 e. The Labute approximate surface area is 75.4 Å². The Balaban J connectivity index is 2.41. The lowest BCUT2D eigenvalue weighted by Crippen LogP contribution is -1.77. The van der Waals surface area contributed by atoms with E-state index in [1.165, 1.54) is 0 Å². The molecule has 0 amide bonds. The molecule has 1 N–H and O–H groups in total. The summed E-state index contributed by atoms with van der Waals surface area (Å²) >= 11 is 0. The van der Waals surface area contributed by atoms with Crippen molar-refractivity contribution in [3.63, 3.8) is 0 Å². The first-order chi connectivity index (χ1) is 6.40. The van der Waals surface area contributed by atoms with E-state index in [9.17, 15) is 4.79 Å². The van der Waals surface area contributed by atoms with E-state index in [4.69, 9.17) is 0 Å². The zero-order chi connectivity index (χ0) is 9.10. The molecule has 0 atom stereocenters. The van der Waals surface area contributed by atoms with Crippen molar-refractivity contribution in [2.24, 2.45) is 0 Å². The highest BCUT2D eigenvalue weighted by atomic mass is 16.1. The number of aromatic nitrogens is 2.